The highest BCUT2D eigenvalue weighted by atomic mass is 127. The van der Waals surface area contributed by atoms with Gasteiger partial charge < -0.3 is 5.11 Å². The molecule has 0 aliphatic rings. The van der Waals surface area contributed by atoms with Crippen molar-refractivity contribution >= 4 is 56.6 Å². The molecule has 1 rings (SSSR count). The molecule has 0 radical (unpaired) electrons. The summed E-state index contributed by atoms with van der Waals surface area (Å²) in [6.45, 7) is 0. The molecule has 15 heavy (non-hydrogen) atoms. The van der Waals surface area contributed by atoms with E-state index in [2.05, 4.69) is 0 Å². The van der Waals surface area contributed by atoms with Crippen LogP contribution in [0.4, 0.5) is 11.4 Å². The highest BCUT2D eigenvalue weighted by Gasteiger charge is 2.30. The molecule has 1 aromatic carbocycles. The monoisotopic (exact) mass is 436 g/mol. The highest BCUT2D eigenvalue weighted by molar-refractivity contribution is 14.1. The summed E-state index contributed by atoms with van der Waals surface area (Å²) in [4.78, 5) is 19.6. The number of nitro benzene ring substituents is 2. The van der Waals surface area contributed by atoms with E-state index in [9.17, 15) is 25.3 Å². The van der Waals surface area contributed by atoms with Crippen molar-refractivity contribution in [3.05, 3.63) is 33.4 Å². The van der Waals surface area contributed by atoms with Gasteiger partial charge in [-0.25, -0.2) is 0 Å². The Morgan fingerprint density at radius 2 is 1.60 bits per heavy atom. The van der Waals surface area contributed by atoms with Crippen molar-refractivity contribution in [3.63, 3.8) is 0 Å². The predicted octanol–water partition coefficient (Wildman–Crippen LogP) is 2.42. The average Bonchev–Trinajstić information content (AvgIpc) is 1.99. The van der Waals surface area contributed by atoms with E-state index in [1.807, 2.05) is 0 Å². The number of phenolic OH excluding ortho intramolecular Hbond substituents is 1. The van der Waals surface area contributed by atoms with Crippen LogP contribution in [0.15, 0.2) is 6.07 Å². The second-order valence-electron chi connectivity index (χ2n) is 2.40. The Morgan fingerprint density at radius 3 is 2.00 bits per heavy atom. The topological polar surface area (TPSA) is 107 Å². The number of nitrogens with zero attached hydrogens (tertiary/aromatic N) is 2. The maximum absolute atomic E-state index is 10.6. The van der Waals surface area contributed by atoms with Gasteiger partial charge in [-0.1, -0.05) is 0 Å². The third-order valence-corrected chi connectivity index (χ3v) is 3.36. The van der Waals surface area contributed by atoms with Crippen molar-refractivity contribution in [1.29, 1.82) is 0 Å². The lowest BCUT2D eigenvalue weighted by molar-refractivity contribution is -0.397. The summed E-state index contributed by atoms with van der Waals surface area (Å²) in [5.41, 5.74) is -0.997. The van der Waals surface area contributed by atoms with E-state index in [1.165, 1.54) is 22.6 Å². The zero-order valence-corrected chi connectivity index (χ0v) is 11.1. The first-order chi connectivity index (χ1) is 6.86. The molecule has 0 fully saturated rings. The van der Waals surface area contributed by atoms with Crippen LogP contribution < -0.4 is 0 Å². The number of halogens is 2. The van der Waals surface area contributed by atoms with Crippen LogP contribution in [0.2, 0.25) is 0 Å². The van der Waals surface area contributed by atoms with E-state index in [-0.39, 0.29) is 12.8 Å². The summed E-state index contributed by atoms with van der Waals surface area (Å²) < 4.78 is -0.0166. The van der Waals surface area contributed by atoms with Gasteiger partial charge in [0.25, 0.3) is 0 Å². The summed E-state index contributed by atoms with van der Waals surface area (Å²) in [6, 6.07) is 0.999. The lowest BCUT2D eigenvalue weighted by atomic mass is 10.2. The van der Waals surface area contributed by atoms with Gasteiger partial charge in [0.15, 0.2) is 9.32 Å². The van der Waals surface area contributed by atoms with Gasteiger partial charge in [-0.3, -0.25) is 20.2 Å². The second-order valence-corrected chi connectivity index (χ2v) is 4.64. The van der Waals surface area contributed by atoms with E-state index in [0.29, 0.717) is 0 Å². The molecule has 0 saturated heterocycles. The van der Waals surface area contributed by atoms with Crippen molar-refractivity contribution in [2.45, 2.75) is 0 Å². The van der Waals surface area contributed by atoms with Gasteiger partial charge in [0.2, 0.25) is 0 Å². The Kier molecular flexibility index (Phi) is 3.64. The van der Waals surface area contributed by atoms with E-state index in [4.69, 9.17) is 0 Å². The van der Waals surface area contributed by atoms with Crippen molar-refractivity contribution in [2.24, 2.45) is 0 Å². The summed E-state index contributed by atoms with van der Waals surface area (Å²) in [6.07, 6.45) is 0. The SMILES string of the molecule is O=[N+]([O-])c1c(O)cc(I)c([N+](=O)[O-])c1I. The molecule has 0 bridgehead atoms. The first-order valence-corrected chi connectivity index (χ1v) is 5.51. The molecule has 0 atom stereocenters. The van der Waals surface area contributed by atoms with Gasteiger partial charge in [0.05, 0.1) is 13.4 Å². The normalized spacial score (nSPS) is 10.0. The quantitative estimate of drug-likeness (QED) is 0.436. The average molecular weight is 436 g/mol. The summed E-state index contributed by atoms with van der Waals surface area (Å²) in [5.74, 6) is -0.570. The van der Waals surface area contributed by atoms with Crippen LogP contribution in [0, 0.1) is 27.4 Å². The number of hydrogen-bond donors (Lipinski definition) is 1. The number of phenols is 1. The molecule has 9 heteroatoms. The number of aromatic hydroxyl groups is 1. The molecule has 0 aliphatic carbocycles. The summed E-state index contributed by atoms with van der Waals surface area (Å²) in [7, 11) is 0. The molecule has 1 aromatic rings. The Labute approximate surface area is 110 Å². The minimum absolute atomic E-state index is 0.158. The van der Waals surface area contributed by atoms with E-state index >= 15 is 0 Å². The number of nitro groups is 2. The van der Waals surface area contributed by atoms with Gasteiger partial charge >= 0.3 is 11.4 Å². The first kappa shape index (κ1) is 12.4. The highest BCUT2D eigenvalue weighted by Crippen LogP contribution is 2.40. The van der Waals surface area contributed by atoms with Crippen molar-refractivity contribution in [3.8, 4) is 5.75 Å². The van der Waals surface area contributed by atoms with Gasteiger partial charge in [-0.05, 0) is 45.2 Å². The maximum Gasteiger partial charge on any atom is 0.330 e. The fraction of sp³-hybridized carbons (Fsp3) is 0. The smallest absolute Gasteiger partial charge is 0.330 e. The van der Waals surface area contributed by atoms with Crippen molar-refractivity contribution in [2.75, 3.05) is 0 Å². The maximum atomic E-state index is 10.6. The van der Waals surface area contributed by atoms with Crippen molar-refractivity contribution < 1.29 is 15.0 Å². The molecule has 0 spiro atoms. The fourth-order valence-corrected chi connectivity index (χ4v) is 3.17. The fourth-order valence-electron chi connectivity index (χ4n) is 0.927. The number of rotatable bonds is 2. The number of benzene rings is 1. The molecule has 0 aromatic heterocycles. The third kappa shape index (κ3) is 2.27. The van der Waals surface area contributed by atoms with Gasteiger partial charge in [-0.15, -0.1) is 0 Å². The molecular weight excluding hydrogens is 434 g/mol. The lowest BCUT2D eigenvalue weighted by Crippen LogP contribution is -2.00. The van der Waals surface area contributed by atoms with Crippen LogP contribution in [0.5, 0.6) is 5.75 Å². The first-order valence-electron chi connectivity index (χ1n) is 3.36. The van der Waals surface area contributed by atoms with Crippen LogP contribution in [0.25, 0.3) is 0 Å². The van der Waals surface area contributed by atoms with Crippen LogP contribution >= 0.6 is 45.2 Å². The van der Waals surface area contributed by atoms with Crippen LogP contribution in [-0.4, -0.2) is 15.0 Å². The Hall–Kier alpha value is -0.720. The van der Waals surface area contributed by atoms with E-state index in [1.54, 1.807) is 22.6 Å². The molecule has 0 saturated carbocycles. The summed E-state index contributed by atoms with van der Waals surface area (Å²) >= 11 is 3.11. The molecular formula is C6H2I2N2O5. The second kappa shape index (κ2) is 4.42. The lowest BCUT2D eigenvalue weighted by Gasteiger charge is -2.01. The van der Waals surface area contributed by atoms with Gasteiger partial charge in [-0.2, -0.15) is 0 Å². The molecule has 0 unspecified atom stereocenters. The molecule has 0 heterocycles. The van der Waals surface area contributed by atoms with E-state index in [0.717, 1.165) is 6.07 Å². The molecule has 1 N–H and O–H groups in total. The predicted molar refractivity (Wildman–Crippen MR) is 66.8 cm³/mol. The van der Waals surface area contributed by atoms with E-state index < -0.39 is 21.3 Å². The zero-order valence-electron chi connectivity index (χ0n) is 6.81. The summed E-state index contributed by atoms with van der Waals surface area (Å²) in [5, 5.41) is 30.4. The largest absolute Gasteiger partial charge is 0.502 e. The van der Waals surface area contributed by atoms with Gasteiger partial charge in [0, 0.05) is 6.07 Å². The molecule has 80 valence electrons. The van der Waals surface area contributed by atoms with Crippen molar-refractivity contribution in [1.82, 2.24) is 0 Å². The van der Waals surface area contributed by atoms with Crippen LogP contribution in [-0.2, 0) is 0 Å². The Morgan fingerprint density at radius 1 is 1.13 bits per heavy atom. The minimum atomic E-state index is -0.847. The Balaban J connectivity index is 3.64. The van der Waals surface area contributed by atoms with Crippen LogP contribution in [0.1, 0.15) is 0 Å². The zero-order chi connectivity index (χ0) is 11.7. The molecule has 0 aliphatic heterocycles. The van der Waals surface area contributed by atoms with Gasteiger partial charge in [0.1, 0.15) is 0 Å². The number of hydrogen-bond acceptors (Lipinski definition) is 5. The standard InChI is InChI=1S/C6H2I2N2O5/c7-2-1-3(11)6(10(14)15)4(8)5(2)9(12)13/h1,11H. The molecule has 0 amide bonds. The minimum Gasteiger partial charge on any atom is -0.502 e. The Bertz CT molecular complexity index is 423. The molecule has 7 nitrogen and oxygen atoms in total. The van der Waals surface area contributed by atoms with Crippen LogP contribution in [0.3, 0.4) is 0 Å². The third-order valence-electron chi connectivity index (χ3n) is 1.51.